The van der Waals surface area contributed by atoms with Gasteiger partial charge in [-0.25, -0.2) is 0 Å². The average Bonchev–Trinajstić information content (AvgIpc) is 2.19. The van der Waals surface area contributed by atoms with Crippen molar-refractivity contribution in [3.05, 3.63) is 10.4 Å². The van der Waals surface area contributed by atoms with Gasteiger partial charge in [0.15, 0.2) is 8.32 Å². The maximum absolute atomic E-state index is 8.61. The van der Waals surface area contributed by atoms with Gasteiger partial charge in [0.2, 0.25) is 0 Å². The van der Waals surface area contributed by atoms with E-state index in [9.17, 15) is 0 Å². The molecule has 0 aliphatic heterocycles. The second-order valence-corrected chi connectivity index (χ2v) is 11.2. The molecular formula is C12H25N3OSi. The van der Waals surface area contributed by atoms with Crippen LogP contribution in [-0.2, 0) is 4.43 Å². The van der Waals surface area contributed by atoms with Gasteiger partial charge in [0.1, 0.15) is 0 Å². The number of hydrogen-bond donors (Lipinski definition) is 0. The maximum atomic E-state index is 8.61. The SMILES string of the molecule is CC(C)(C)[Si](C)(C)OC1CCCCC1N=[N+]=[N-]. The smallest absolute Gasteiger partial charge is 0.192 e. The molecule has 1 saturated carbocycles. The lowest BCUT2D eigenvalue weighted by Gasteiger charge is -2.42. The molecule has 0 N–H and O–H groups in total. The Bertz CT molecular complexity index is 305. The van der Waals surface area contributed by atoms with Gasteiger partial charge in [0, 0.05) is 4.91 Å². The molecule has 98 valence electrons. The Labute approximate surface area is 105 Å². The standard InChI is InChI=1S/C12H25N3OSi/c1-12(2,3)17(4,5)16-11-9-7-6-8-10(11)14-15-13/h10-11H,6-9H2,1-5H3. The van der Waals surface area contributed by atoms with Crippen LogP contribution in [0.25, 0.3) is 10.4 Å². The fraction of sp³-hybridized carbons (Fsp3) is 1.00. The zero-order valence-corrected chi connectivity index (χ0v) is 12.7. The first-order chi connectivity index (χ1) is 7.78. The van der Waals surface area contributed by atoms with E-state index >= 15 is 0 Å². The largest absolute Gasteiger partial charge is 0.414 e. The Morgan fingerprint density at radius 1 is 1.24 bits per heavy atom. The van der Waals surface area contributed by atoms with E-state index < -0.39 is 8.32 Å². The summed E-state index contributed by atoms with van der Waals surface area (Å²) < 4.78 is 6.38. The van der Waals surface area contributed by atoms with Crippen LogP contribution in [0.15, 0.2) is 5.11 Å². The van der Waals surface area contributed by atoms with Crippen molar-refractivity contribution >= 4 is 8.32 Å². The molecule has 0 saturated heterocycles. The van der Waals surface area contributed by atoms with Crippen LogP contribution < -0.4 is 0 Å². The van der Waals surface area contributed by atoms with Crippen molar-refractivity contribution in [3.63, 3.8) is 0 Å². The predicted molar refractivity (Wildman–Crippen MR) is 73.5 cm³/mol. The van der Waals surface area contributed by atoms with Crippen molar-refractivity contribution in [2.75, 3.05) is 0 Å². The lowest BCUT2D eigenvalue weighted by Crippen LogP contribution is -2.47. The molecule has 4 nitrogen and oxygen atoms in total. The number of hydrogen-bond acceptors (Lipinski definition) is 2. The number of nitrogens with zero attached hydrogens (tertiary/aromatic N) is 3. The van der Waals surface area contributed by atoms with Crippen molar-refractivity contribution in [2.45, 2.75) is 76.7 Å². The summed E-state index contributed by atoms with van der Waals surface area (Å²) in [4.78, 5) is 2.96. The van der Waals surface area contributed by atoms with Crippen LogP contribution in [0.4, 0.5) is 0 Å². The van der Waals surface area contributed by atoms with Gasteiger partial charge in [-0.2, -0.15) is 0 Å². The van der Waals surface area contributed by atoms with Gasteiger partial charge in [-0.1, -0.05) is 38.7 Å². The van der Waals surface area contributed by atoms with Gasteiger partial charge in [-0.05, 0) is 36.5 Å². The number of rotatable bonds is 3. The summed E-state index contributed by atoms with van der Waals surface area (Å²) in [6, 6.07) is 0.0443. The molecule has 1 rings (SSSR count). The highest BCUT2D eigenvalue weighted by Gasteiger charge is 2.41. The molecule has 0 bridgehead atoms. The fourth-order valence-corrected chi connectivity index (χ4v) is 3.35. The molecule has 0 spiro atoms. The topological polar surface area (TPSA) is 58.0 Å². The predicted octanol–water partition coefficient (Wildman–Crippen LogP) is 4.63. The van der Waals surface area contributed by atoms with E-state index in [1.165, 1.54) is 6.42 Å². The Balaban J connectivity index is 2.74. The molecule has 2 unspecified atom stereocenters. The van der Waals surface area contributed by atoms with Crippen molar-refractivity contribution < 1.29 is 4.43 Å². The average molecular weight is 255 g/mol. The van der Waals surface area contributed by atoms with E-state index in [2.05, 4.69) is 43.9 Å². The molecule has 1 fully saturated rings. The molecule has 1 aliphatic carbocycles. The van der Waals surface area contributed by atoms with Gasteiger partial charge in [-0.3, -0.25) is 0 Å². The zero-order valence-electron chi connectivity index (χ0n) is 11.7. The van der Waals surface area contributed by atoms with E-state index in [-0.39, 0.29) is 17.2 Å². The van der Waals surface area contributed by atoms with Crippen LogP contribution in [0.3, 0.4) is 0 Å². The second-order valence-electron chi connectivity index (χ2n) is 6.47. The summed E-state index contributed by atoms with van der Waals surface area (Å²) in [5.41, 5.74) is 8.61. The Kier molecular flexibility index (Phi) is 4.64. The minimum absolute atomic E-state index is 0.0443. The van der Waals surface area contributed by atoms with Crippen LogP contribution in [0.5, 0.6) is 0 Å². The van der Waals surface area contributed by atoms with E-state index in [0.29, 0.717) is 0 Å². The van der Waals surface area contributed by atoms with E-state index in [1.807, 2.05) is 0 Å². The molecule has 17 heavy (non-hydrogen) atoms. The van der Waals surface area contributed by atoms with Crippen molar-refractivity contribution in [1.82, 2.24) is 0 Å². The third-order valence-corrected chi connectivity index (χ3v) is 8.62. The molecule has 5 heteroatoms. The molecule has 0 aromatic heterocycles. The Hall–Kier alpha value is -0.513. The summed E-state index contributed by atoms with van der Waals surface area (Å²) in [6.45, 7) is 11.2. The monoisotopic (exact) mass is 255 g/mol. The van der Waals surface area contributed by atoms with Crippen molar-refractivity contribution in [2.24, 2.45) is 5.11 Å². The van der Waals surface area contributed by atoms with Crippen LogP contribution in [0.2, 0.25) is 18.1 Å². The highest BCUT2D eigenvalue weighted by atomic mass is 28.4. The quantitative estimate of drug-likeness (QED) is 0.314. The molecule has 0 amide bonds. The summed E-state index contributed by atoms with van der Waals surface area (Å²) in [7, 11) is -1.75. The van der Waals surface area contributed by atoms with Crippen LogP contribution in [0.1, 0.15) is 46.5 Å². The van der Waals surface area contributed by atoms with E-state index in [0.717, 1.165) is 19.3 Å². The first kappa shape index (κ1) is 14.5. The highest BCUT2D eigenvalue weighted by molar-refractivity contribution is 6.74. The third-order valence-electron chi connectivity index (χ3n) is 4.12. The lowest BCUT2D eigenvalue weighted by molar-refractivity contribution is 0.117. The molecule has 0 aromatic carbocycles. The first-order valence-corrected chi connectivity index (χ1v) is 9.41. The molecule has 0 heterocycles. The van der Waals surface area contributed by atoms with Crippen LogP contribution in [-0.4, -0.2) is 20.5 Å². The maximum Gasteiger partial charge on any atom is 0.192 e. The van der Waals surface area contributed by atoms with E-state index in [1.54, 1.807) is 0 Å². The molecule has 1 aliphatic rings. The van der Waals surface area contributed by atoms with Gasteiger partial charge < -0.3 is 4.43 Å². The highest BCUT2D eigenvalue weighted by Crippen LogP contribution is 2.39. The minimum Gasteiger partial charge on any atom is -0.414 e. The van der Waals surface area contributed by atoms with Crippen LogP contribution >= 0.6 is 0 Å². The summed E-state index contributed by atoms with van der Waals surface area (Å²) in [5.74, 6) is 0. The van der Waals surface area contributed by atoms with Crippen LogP contribution in [0, 0.1) is 0 Å². The lowest BCUT2D eigenvalue weighted by atomic mass is 9.93. The van der Waals surface area contributed by atoms with Gasteiger partial charge >= 0.3 is 0 Å². The van der Waals surface area contributed by atoms with Crippen molar-refractivity contribution in [3.8, 4) is 0 Å². The zero-order chi connectivity index (χ0) is 13.1. The van der Waals surface area contributed by atoms with Gasteiger partial charge in [0.05, 0.1) is 12.1 Å². The molecule has 0 aromatic rings. The van der Waals surface area contributed by atoms with E-state index in [4.69, 9.17) is 9.96 Å². The second kappa shape index (κ2) is 5.42. The first-order valence-electron chi connectivity index (χ1n) is 6.50. The summed E-state index contributed by atoms with van der Waals surface area (Å²) in [6.07, 6.45) is 4.50. The van der Waals surface area contributed by atoms with Gasteiger partial charge in [0.25, 0.3) is 0 Å². The van der Waals surface area contributed by atoms with Gasteiger partial charge in [-0.15, -0.1) is 0 Å². The van der Waals surface area contributed by atoms with Crippen molar-refractivity contribution in [1.29, 1.82) is 0 Å². The number of azide groups is 1. The summed E-state index contributed by atoms with van der Waals surface area (Å²) in [5, 5.41) is 4.12. The fourth-order valence-electron chi connectivity index (χ4n) is 1.97. The minimum atomic E-state index is -1.75. The third kappa shape index (κ3) is 3.73. The Morgan fingerprint density at radius 2 is 1.82 bits per heavy atom. The Morgan fingerprint density at radius 3 is 2.35 bits per heavy atom. The normalized spacial score (nSPS) is 26.4. The molecular weight excluding hydrogens is 230 g/mol. The molecule has 2 atom stereocenters. The molecule has 0 radical (unpaired) electrons. The summed E-state index contributed by atoms with van der Waals surface area (Å²) >= 11 is 0.